The number of rotatable bonds is 6. The SMILES string of the molecule is OCCCCNc1ncnc2c1cnn2-c1ccccc1. The summed E-state index contributed by atoms with van der Waals surface area (Å²) >= 11 is 0. The molecule has 0 aliphatic rings. The minimum Gasteiger partial charge on any atom is -0.396 e. The molecule has 0 radical (unpaired) electrons. The molecule has 3 aromatic rings. The van der Waals surface area contributed by atoms with Crippen LogP contribution in [0.4, 0.5) is 5.82 Å². The summed E-state index contributed by atoms with van der Waals surface area (Å²) in [5.41, 5.74) is 1.75. The Bertz CT molecular complexity index is 710. The monoisotopic (exact) mass is 283 g/mol. The minimum absolute atomic E-state index is 0.215. The quantitative estimate of drug-likeness (QED) is 0.677. The molecule has 2 heterocycles. The molecule has 0 unspecified atom stereocenters. The molecule has 3 rings (SSSR count). The zero-order valence-electron chi connectivity index (χ0n) is 11.6. The number of anilines is 1. The fraction of sp³-hybridized carbons (Fsp3) is 0.267. The first kappa shape index (κ1) is 13.5. The third-order valence-electron chi connectivity index (χ3n) is 3.24. The molecule has 1 aromatic carbocycles. The molecule has 6 nitrogen and oxygen atoms in total. The molecule has 0 amide bonds. The maximum absolute atomic E-state index is 8.80. The fourth-order valence-electron chi connectivity index (χ4n) is 2.19. The summed E-state index contributed by atoms with van der Waals surface area (Å²) in [6.07, 6.45) is 4.99. The number of nitrogens with zero attached hydrogens (tertiary/aromatic N) is 4. The second-order valence-corrected chi connectivity index (χ2v) is 4.71. The normalized spacial score (nSPS) is 10.9. The number of unbranched alkanes of at least 4 members (excludes halogenated alkanes) is 1. The molecular formula is C15H17N5O. The van der Waals surface area contributed by atoms with E-state index in [-0.39, 0.29) is 6.61 Å². The number of aromatic nitrogens is 4. The van der Waals surface area contributed by atoms with Crippen LogP contribution in [0, 0.1) is 0 Å². The van der Waals surface area contributed by atoms with Crippen molar-refractivity contribution < 1.29 is 5.11 Å². The lowest BCUT2D eigenvalue weighted by Gasteiger charge is -2.06. The third-order valence-corrected chi connectivity index (χ3v) is 3.24. The second kappa shape index (κ2) is 6.32. The molecule has 0 saturated carbocycles. The Kier molecular flexibility index (Phi) is 4.07. The number of hydrogen-bond donors (Lipinski definition) is 2. The zero-order chi connectivity index (χ0) is 14.5. The van der Waals surface area contributed by atoms with E-state index in [9.17, 15) is 0 Å². The summed E-state index contributed by atoms with van der Waals surface area (Å²) < 4.78 is 1.80. The average Bonchev–Trinajstić information content (AvgIpc) is 2.97. The van der Waals surface area contributed by atoms with Crippen LogP contribution >= 0.6 is 0 Å². The Morgan fingerprint density at radius 3 is 2.76 bits per heavy atom. The number of fused-ring (bicyclic) bond motifs is 1. The van der Waals surface area contributed by atoms with Gasteiger partial charge >= 0.3 is 0 Å². The minimum atomic E-state index is 0.215. The van der Waals surface area contributed by atoms with Gasteiger partial charge in [0.05, 0.1) is 17.3 Å². The molecule has 0 fully saturated rings. The maximum Gasteiger partial charge on any atom is 0.168 e. The molecule has 0 atom stereocenters. The highest BCUT2D eigenvalue weighted by Crippen LogP contribution is 2.21. The van der Waals surface area contributed by atoms with Crippen molar-refractivity contribution >= 4 is 16.9 Å². The van der Waals surface area contributed by atoms with Gasteiger partial charge in [-0.3, -0.25) is 0 Å². The van der Waals surface area contributed by atoms with Crippen molar-refractivity contribution in [3.63, 3.8) is 0 Å². The number of aliphatic hydroxyl groups excluding tert-OH is 1. The summed E-state index contributed by atoms with van der Waals surface area (Å²) in [6.45, 7) is 0.982. The molecule has 108 valence electrons. The molecule has 0 spiro atoms. The summed E-state index contributed by atoms with van der Waals surface area (Å²) in [6, 6.07) is 9.89. The molecule has 0 saturated heterocycles. The Labute approximate surface area is 122 Å². The number of aliphatic hydroxyl groups is 1. The summed E-state index contributed by atoms with van der Waals surface area (Å²) in [5.74, 6) is 0.778. The van der Waals surface area contributed by atoms with E-state index in [4.69, 9.17) is 5.11 Å². The van der Waals surface area contributed by atoms with Crippen molar-refractivity contribution in [3.8, 4) is 5.69 Å². The summed E-state index contributed by atoms with van der Waals surface area (Å²) in [5, 5.41) is 17.4. The van der Waals surface area contributed by atoms with Gasteiger partial charge in [0.15, 0.2) is 5.65 Å². The molecule has 6 heteroatoms. The fourth-order valence-corrected chi connectivity index (χ4v) is 2.19. The van der Waals surface area contributed by atoms with Crippen molar-refractivity contribution in [2.24, 2.45) is 0 Å². The molecule has 2 aromatic heterocycles. The van der Waals surface area contributed by atoms with Gasteiger partial charge in [0.1, 0.15) is 12.1 Å². The second-order valence-electron chi connectivity index (χ2n) is 4.71. The molecular weight excluding hydrogens is 266 g/mol. The smallest absolute Gasteiger partial charge is 0.168 e. The van der Waals surface area contributed by atoms with E-state index in [1.807, 2.05) is 30.3 Å². The van der Waals surface area contributed by atoms with Crippen LogP contribution in [-0.4, -0.2) is 38.0 Å². The maximum atomic E-state index is 8.80. The van der Waals surface area contributed by atoms with E-state index in [2.05, 4.69) is 20.4 Å². The van der Waals surface area contributed by atoms with Crippen molar-refractivity contribution in [2.75, 3.05) is 18.5 Å². The van der Waals surface area contributed by atoms with Crippen LogP contribution in [0.5, 0.6) is 0 Å². The van der Waals surface area contributed by atoms with Gasteiger partial charge in [-0.1, -0.05) is 18.2 Å². The largest absolute Gasteiger partial charge is 0.396 e. The van der Waals surface area contributed by atoms with E-state index < -0.39 is 0 Å². The summed E-state index contributed by atoms with van der Waals surface area (Å²) in [4.78, 5) is 8.61. The van der Waals surface area contributed by atoms with Crippen LogP contribution in [0.1, 0.15) is 12.8 Å². The molecule has 0 bridgehead atoms. The first-order chi connectivity index (χ1) is 10.4. The first-order valence-electron chi connectivity index (χ1n) is 6.99. The number of hydrogen-bond acceptors (Lipinski definition) is 5. The molecule has 2 N–H and O–H groups in total. The Hall–Kier alpha value is -2.47. The van der Waals surface area contributed by atoms with Crippen LogP contribution in [0.15, 0.2) is 42.9 Å². The predicted molar refractivity (Wildman–Crippen MR) is 81.5 cm³/mol. The molecule has 21 heavy (non-hydrogen) atoms. The van der Waals surface area contributed by atoms with E-state index >= 15 is 0 Å². The average molecular weight is 283 g/mol. The molecule has 0 aliphatic heterocycles. The van der Waals surface area contributed by atoms with Gasteiger partial charge < -0.3 is 10.4 Å². The lowest BCUT2D eigenvalue weighted by Crippen LogP contribution is -2.05. The van der Waals surface area contributed by atoms with Crippen LogP contribution in [-0.2, 0) is 0 Å². The van der Waals surface area contributed by atoms with Crippen molar-refractivity contribution in [2.45, 2.75) is 12.8 Å². The summed E-state index contributed by atoms with van der Waals surface area (Å²) in [7, 11) is 0. The number of nitrogens with one attached hydrogen (secondary N) is 1. The van der Waals surface area contributed by atoms with Crippen LogP contribution < -0.4 is 5.32 Å². The highest BCUT2D eigenvalue weighted by molar-refractivity contribution is 5.87. The van der Waals surface area contributed by atoms with Crippen molar-refractivity contribution in [1.82, 2.24) is 19.7 Å². The zero-order valence-corrected chi connectivity index (χ0v) is 11.6. The Morgan fingerprint density at radius 1 is 1.10 bits per heavy atom. The first-order valence-corrected chi connectivity index (χ1v) is 6.99. The standard InChI is InChI=1S/C15H17N5O/c21-9-5-4-8-16-14-13-10-19-20(15(13)18-11-17-14)12-6-2-1-3-7-12/h1-3,6-7,10-11,21H,4-5,8-9H2,(H,16,17,18). The van der Waals surface area contributed by atoms with E-state index in [0.717, 1.165) is 41.9 Å². The lowest BCUT2D eigenvalue weighted by atomic mass is 10.3. The van der Waals surface area contributed by atoms with Gasteiger partial charge in [0.2, 0.25) is 0 Å². The highest BCUT2D eigenvalue weighted by Gasteiger charge is 2.10. The van der Waals surface area contributed by atoms with Gasteiger partial charge in [0.25, 0.3) is 0 Å². The van der Waals surface area contributed by atoms with Gasteiger partial charge in [-0.25, -0.2) is 14.6 Å². The number of para-hydroxylation sites is 1. The topological polar surface area (TPSA) is 75.9 Å². The van der Waals surface area contributed by atoms with Gasteiger partial charge in [0, 0.05) is 13.2 Å². The number of benzene rings is 1. The lowest BCUT2D eigenvalue weighted by molar-refractivity contribution is 0.286. The van der Waals surface area contributed by atoms with Crippen molar-refractivity contribution in [1.29, 1.82) is 0 Å². The van der Waals surface area contributed by atoms with Crippen LogP contribution in [0.3, 0.4) is 0 Å². The van der Waals surface area contributed by atoms with Crippen LogP contribution in [0.2, 0.25) is 0 Å². The van der Waals surface area contributed by atoms with Gasteiger partial charge in [-0.05, 0) is 25.0 Å². The van der Waals surface area contributed by atoms with E-state index in [1.54, 1.807) is 10.9 Å². The predicted octanol–water partition coefficient (Wildman–Crippen LogP) is 2.00. The highest BCUT2D eigenvalue weighted by atomic mass is 16.2. The Balaban J connectivity index is 1.89. The third kappa shape index (κ3) is 2.85. The van der Waals surface area contributed by atoms with Gasteiger partial charge in [-0.15, -0.1) is 0 Å². The van der Waals surface area contributed by atoms with Crippen molar-refractivity contribution in [3.05, 3.63) is 42.9 Å². The van der Waals surface area contributed by atoms with Gasteiger partial charge in [-0.2, -0.15) is 5.10 Å². The van der Waals surface area contributed by atoms with Crippen LogP contribution in [0.25, 0.3) is 16.7 Å². The Morgan fingerprint density at radius 2 is 1.95 bits per heavy atom. The molecule has 0 aliphatic carbocycles. The van der Waals surface area contributed by atoms with E-state index in [1.165, 1.54) is 6.33 Å². The van der Waals surface area contributed by atoms with E-state index in [0.29, 0.717) is 0 Å².